The zero-order valence-corrected chi connectivity index (χ0v) is 23.9. The van der Waals surface area contributed by atoms with Crippen molar-refractivity contribution in [3.05, 3.63) is 94.0 Å². The van der Waals surface area contributed by atoms with Gasteiger partial charge in [-0.2, -0.15) is 0 Å². The van der Waals surface area contributed by atoms with Gasteiger partial charge in [0, 0.05) is 23.1 Å². The molecule has 0 unspecified atom stereocenters. The molecule has 38 heavy (non-hydrogen) atoms. The Morgan fingerprint density at radius 2 is 1.63 bits per heavy atom. The van der Waals surface area contributed by atoms with E-state index in [0.29, 0.717) is 27.8 Å². The summed E-state index contributed by atoms with van der Waals surface area (Å²) < 4.78 is 28.6. The Balaban J connectivity index is 2.02. The molecule has 0 aliphatic carbocycles. The summed E-state index contributed by atoms with van der Waals surface area (Å²) in [6.07, 6.45) is 0.737. The maximum atomic E-state index is 13.8. The molecule has 0 aliphatic rings. The molecule has 10 heteroatoms. The molecule has 202 valence electrons. The fraction of sp³-hybridized carbons (Fsp3) is 0.286. The first-order chi connectivity index (χ1) is 18.0. The van der Waals surface area contributed by atoms with Crippen LogP contribution in [0.3, 0.4) is 0 Å². The highest BCUT2D eigenvalue weighted by Crippen LogP contribution is 2.26. The van der Waals surface area contributed by atoms with Crippen LogP contribution < -0.4 is 9.62 Å². The SMILES string of the molecule is CCCNC(=O)[C@@H](C)N(Cc1cccc(Cl)c1)C(=O)CN(c1cccc(C)c1)S(=O)(=O)c1ccc(Cl)cc1. The van der Waals surface area contributed by atoms with E-state index in [0.717, 1.165) is 16.3 Å². The second-order valence-electron chi connectivity index (χ2n) is 8.92. The van der Waals surface area contributed by atoms with Crippen LogP contribution in [-0.4, -0.2) is 44.3 Å². The van der Waals surface area contributed by atoms with Gasteiger partial charge in [0.1, 0.15) is 12.6 Å². The molecule has 0 bridgehead atoms. The Kier molecular flexibility index (Phi) is 10.2. The third-order valence-corrected chi connectivity index (χ3v) is 8.20. The number of halogens is 2. The van der Waals surface area contributed by atoms with Gasteiger partial charge in [-0.25, -0.2) is 8.42 Å². The molecule has 0 aliphatic heterocycles. The van der Waals surface area contributed by atoms with Gasteiger partial charge >= 0.3 is 0 Å². The van der Waals surface area contributed by atoms with Crippen molar-refractivity contribution in [2.75, 3.05) is 17.4 Å². The molecule has 0 spiro atoms. The molecule has 1 N–H and O–H groups in total. The van der Waals surface area contributed by atoms with Crippen LogP contribution in [0.5, 0.6) is 0 Å². The molecule has 0 fully saturated rings. The van der Waals surface area contributed by atoms with Gasteiger partial charge in [-0.15, -0.1) is 0 Å². The molecule has 0 radical (unpaired) electrons. The number of benzene rings is 3. The van der Waals surface area contributed by atoms with Crippen LogP contribution >= 0.6 is 23.2 Å². The van der Waals surface area contributed by atoms with Crippen molar-refractivity contribution in [1.82, 2.24) is 10.2 Å². The predicted molar refractivity (Wildman–Crippen MR) is 152 cm³/mol. The van der Waals surface area contributed by atoms with Crippen LogP contribution in [0.4, 0.5) is 5.69 Å². The number of carbonyl (C=O) groups excluding carboxylic acids is 2. The van der Waals surface area contributed by atoms with Gasteiger partial charge in [0.15, 0.2) is 0 Å². The van der Waals surface area contributed by atoms with Crippen molar-refractivity contribution in [2.24, 2.45) is 0 Å². The lowest BCUT2D eigenvalue weighted by Crippen LogP contribution is -2.51. The fourth-order valence-electron chi connectivity index (χ4n) is 3.86. The lowest BCUT2D eigenvalue weighted by molar-refractivity contribution is -0.139. The lowest BCUT2D eigenvalue weighted by Gasteiger charge is -2.32. The van der Waals surface area contributed by atoms with E-state index in [2.05, 4.69) is 5.32 Å². The fourth-order valence-corrected chi connectivity index (χ4v) is 5.60. The van der Waals surface area contributed by atoms with E-state index < -0.39 is 28.5 Å². The van der Waals surface area contributed by atoms with Gasteiger partial charge < -0.3 is 10.2 Å². The van der Waals surface area contributed by atoms with Crippen molar-refractivity contribution in [3.8, 4) is 0 Å². The number of nitrogens with zero attached hydrogens (tertiary/aromatic N) is 2. The van der Waals surface area contributed by atoms with Gasteiger partial charge in [-0.1, -0.05) is 54.4 Å². The van der Waals surface area contributed by atoms with E-state index in [1.807, 2.05) is 19.9 Å². The number of sulfonamides is 1. The van der Waals surface area contributed by atoms with Gasteiger partial charge in [0.2, 0.25) is 11.8 Å². The zero-order valence-electron chi connectivity index (χ0n) is 21.5. The Labute approximate surface area is 234 Å². The summed E-state index contributed by atoms with van der Waals surface area (Å²) in [5, 5.41) is 3.70. The van der Waals surface area contributed by atoms with Crippen molar-refractivity contribution >= 4 is 50.7 Å². The first-order valence-corrected chi connectivity index (χ1v) is 14.4. The number of amides is 2. The molecule has 0 aromatic heterocycles. The first kappa shape index (κ1) is 29.5. The summed E-state index contributed by atoms with van der Waals surface area (Å²) in [7, 11) is -4.15. The summed E-state index contributed by atoms with van der Waals surface area (Å²) >= 11 is 12.1. The van der Waals surface area contributed by atoms with Crippen LogP contribution in [0.15, 0.2) is 77.7 Å². The van der Waals surface area contributed by atoms with Crippen LogP contribution in [0.2, 0.25) is 10.0 Å². The molecule has 0 saturated carbocycles. The Morgan fingerprint density at radius 3 is 2.26 bits per heavy atom. The minimum absolute atomic E-state index is 0.00802. The van der Waals surface area contributed by atoms with E-state index in [1.54, 1.807) is 49.4 Å². The minimum atomic E-state index is -4.15. The standard InChI is InChI=1S/C28H31Cl2N3O4S/c1-4-15-31-28(35)21(3)32(18-22-8-6-9-24(30)17-22)27(34)19-33(25-10-5-7-20(2)16-25)38(36,37)26-13-11-23(29)12-14-26/h5-14,16-17,21H,4,15,18-19H2,1-3H3,(H,31,35)/t21-/m1/s1. The van der Waals surface area contributed by atoms with Gasteiger partial charge in [0.05, 0.1) is 10.6 Å². The van der Waals surface area contributed by atoms with Crippen molar-refractivity contribution < 1.29 is 18.0 Å². The highest BCUT2D eigenvalue weighted by Gasteiger charge is 2.32. The number of hydrogen-bond donors (Lipinski definition) is 1. The van der Waals surface area contributed by atoms with Crippen LogP contribution in [0.1, 0.15) is 31.4 Å². The number of anilines is 1. The smallest absolute Gasteiger partial charge is 0.264 e. The van der Waals surface area contributed by atoms with Crippen molar-refractivity contribution in [3.63, 3.8) is 0 Å². The normalized spacial score (nSPS) is 12.0. The average molecular weight is 577 g/mol. The second kappa shape index (κ2) is 13.1. The highest BCUT2D eigenvalue weighted by atomic mass is 35.5. The highest BCUT2D eigenvalue weighted by molar-refractivity contribution is 7.92. The molecule has 2 amide bonds. The van der Waals surface area contributed by atoms with E-state index in [1.165, 1.54) is 29.2 Å². The second-order valence-corrected chi connectivity index (χ2v) is 11.7. The first-order valence-electron chi connectivity index (χ1n) is 12.2. The summed E-state index contributed by atoms with van der Waals surface area (Å²) in [4.78, 5) is 28.1. The molecule has 0 saturated heterocycles. The third-order valence-electron chi connectivity index (χ3n) is 5.93. The number of nitrogens with one attached hydrogen (secondary N) is 1. The number of aryl methyl sites for hydroxylation is 1. The third kappa shape index (κ3) is 7.49. The molecule has 3 aromatic rings. The van der Waals surface area contributed by atoms with E-state index in [-0.39, 0.29) is 17.3 Å². The molecular weight excluding hydrogens is 545 g/mol. The van der Waals surface area contributed by atoms with Crippen LogP contribution in [0.25, 0.3) is 0 Å². The van der Waals surface area contributed by atoms with Crippen LogP contribution in [-0.2, 0) is 26.2 Å². The maximum Gasteiger partial charge on any atom is 0.264 e. The van der Waals surface area contributed by atoms with E-state index in [9.17, 15) is 18.0 Å². The number of rotatable bonds is 11. The van der Waals surface area contributed by atoms with Crippen LogP contribution in [0, 0.1) is 6.92 Å². The van der Waals surface area contributed by atoms with Gasteiger partial charge in [0.25, 0.3) is 10.0 Å². The quantitative estimate of drug-likeness (QED) is 0.330. The summed E-state index contributed by atoms with van der Waals surface area (Å²) in [5.74, 6) is -0.868. The monoisotopic (exact) mass is 575 g/mol. The lowest BCUT2D eigenvalue weighted by atomic mass is 10.1. The summed E-state index contributed by atoms with van der Waals surface area (Å²) in [6.45, 7) is 5.41. The van der Waals surface area contributed by atoms with Crippen molar-refractivity contribution in [2.45, 2.75) is 44.7 Å². The molecular formula is C28H31Cl2N3O4S. The van der Waals surface area contributed by atoms with Crippen molar-refractivity contribution in [1.29, 1.82) is 0 Å². The molecule has 3 rings (SSSR count). The number of hydrogen-bond acceptors (Lipinski definition) is 4. The van der Waals surface area contributed by atoms with E-state index >= 15 is 0 Å². The average Bonchev–Trinajstić information content (AvgIpc) is 2.88. The number of carbonyl (C=O) groups is 2. The predicted octanol–water partition coefficient (Wildman–Crippen LogP) is 5.44. The van der Waals surface area contributed by atoms with Gasteiger partial charge in [-0.05, 0) is 79.9 Å². The zero-order chi connectivity index (χ0) is 27.9. The topological polar surface area (TPSA) is 86.8 Å². The van der Waals surface area contributed by atoms with Gasteiger partial charge in [-0.3, -0.25) is 13.9 Å². The Bertz CT molecular complexity index is 1380. The maximum absolute atomic E-state index is 13.8. The minimum Gasteiger partial charge on any atom is -0.354 e. The van der Waals surface area contributed by atoms with E-state index in [4.69, 9.17) is 23.2 Å². The largest absolute Gasteiger partial charge is 0.354 e. The summed E-state index contributed by atoms with van der Waals surface area (Å²) in [6, 6.07) is 18.8. The molecule has 3 aromatic carbocycles. The summed E-state index contributed by atoms with van der Waals surface area (Å²) in [5.41, 5.74) is 1.87. The molecule has 7 nitrogen and oxygen atoms in total. The molecule has 0 heterocycles. The Hall–Kier alpha value is -3.07. The molecule has 1 atom stereocenters. The Morgan fingerprint density at radius 1 is 0.947 bits per heavy atom.